The van der Waals surface area contributed by atoms with E-state index in [0.717, 1.165) is 23.5 Å². The third-order valence-electron chi connectivity index (χ3n) is 4.01. The van der Waals surface area contributed by atoms with Crippen molar-refractivity contribution in [2.24, 2.45) is 4.99 Å². The number of unbranched alkanes of at least 4 members (excludes halogenated alkanes) is 3. The van der Waals surface area contributed by atoms with Gasteiger partial charge in [-0.3, -0.25) is 4.99 Å². The Bertz CT molecular complexity index is 631. The number of nitrogens with zero attached hydrogens (tertiary/aromatic N) is 1. The Morgan fingerprint density at radius 1 is 1.12 bits per heavy atom. The molecule has 0 amide bonds. The lowest BCUT2D eigenvalue weighted by atomic mass is 10.1. The second kappa shape index (κ2) is 13.4. The highest BCUT2D eigenvalue weighted by Gasteiger charge is 2.06. The number of benzene rings is 1. The van der Waals surface area contributed by atoms with Gasteiger partial charge in [-0.25, -0.2) is 8.42 Å². The van der Waals surface area contributed by atoms with Gasteiger partial charge in [-0.15, -0.1) is 24.0 Å². The molecule has 0 bridgehead atoms. The summed E-state index contributed by atoms with van der Waals surface area (Å²) in [6.45, 7) is 5.06. The molecule has 0 aliphatic carbocycles. The predicted molar refractivity (Wildman–Crippen MR) is 122 cm³/mol. The van der Waals surface area contributed by atoms with Crippen LogP contribution in [0.2, 0.25) is 0 Å². The highest BCUT2D eigenvalue weighted by Crippen LogP contribution is 2.08. The van der Waals surface area contributed by atoms with Gasteiger partial charge in [0.2, 0.25) is 0 Å². The molecule has 0 aliphatic heterocycles. The lowest BCUT2D eigenvalue weighted by Crippen LogP contribution is -2.41. The molecule has 5 nitrogen and oxygen atoms in total. The predicted octanol–water partition coefficient (Wildman–Crippen LogP) is 3.87. The zero-order chi connectivity index (χ0) is 18.7. The van der Waals surface area contributed by atoms with Gasteiger partial charge in [-0.05, 0) is 24.5 Å². The van der Waals surface area contributed by atoms with Crippen LogP contribution in [0, 0.1) is 0 Å². The van der Waals surface area contributed by atoms with E-state index < -0.39 is 9.84 Å². The van der Waals surface area contributed by atoms with Crippen molar-refractivity contribution < 1.29 is 8.42 Å². The van der Waals surface area contributed by atoms with Gasteiger partial charge in [0.15, 0.2) is 15.8 Å². The van der Waals surface area contributed by atoms with E-state index in [0.29, 0.717) is 12.6 Å². The normalized spacial score (nSPS) is 13.0. The van der Waals surface area contributed by atoms with Crippen molar-refractivity contribution in [3.63, 3.8) is 0 Å². The number of sulfone groups is 1. The quantitative estimate of drug-likeness (QED) is 0.224. The van der Waals surface area contributed by atoms with Crippen molar-refractivity contribution in [2.45, 2.75) is 64.3 Å². The summed E-state index contributed by atoms with van der Waals surface area (Å²) in [7, 11) is -1.22. The maximum atomic E-state index is 11.3. The first-order chi connectivity index (χ1) is 11.8. The summed E-state index contributed by atoms with van der Waals surface area (Å²) in [5.74, 6) is 0.877. The van der Waals surface area contributed by atoms with Gasteiger partial charge in [-0.2, -0.15) is 0 Å². The molecular formula is C19H34IN3O2S. The van der Waals surface area contributed by atoms with Gasteiger partial charge in [0.25, 0.3) is 0 Å². The van der Waals surface area contributed by atoms with Crippen LogP contribution in [0.4, 0.5) is 0 Å². The fraction of sp³-hybridized carbons (Fsp3) is 0.632. The first-order valence-corrected chi connectivity index (χ1v) is 11.1. The number of aliphatic imine (C=N–C) groups is 1. The van der Waals surface area contributed by atoms with Crippen molar-refractivity contribution in [3.05, 3.63) is 35.4 Å². The van der Waals surface area contributed by atoms with Crippen molar-refractivity contribution in [1.29, 1.82) is 0 Å². The second-order valence-corrected chi connectivity index (χ2v) is 8.85. The van der Waals surface area contributed by atoms with Gasteiger partial charge >= 0.3 is 0 Å². The molecular weight excluding hydrogens is 461 g/mol. The fourth-order valence-electron chi connectivity index (χ4n) is 2.62. The molecule has 0 heterocycles. The maximum Gasteiger partial charge on any atom is 0.191 e. The van der Waals surface area contributed by atoms with Crippen LogP contribution < -0.4 is 10.6 Å². The van der Waals surface area contributed by atoms with E-state index in [-0.39, 0.29) is 29.7 Å². The van der Waals surface area contributed by atoms with E-state index in [1.165, 1.54) is 31.9 Å². The molecule has 0 saturated heterocycles. The van der Waals surface area contributed by atoms with Crippen molar-refractivity contribution >= 4 is 39.8 Å². The summed E-state index contributed by atoms with van der Waals surface area (Å²) < 4.78 is 22.6. The van der Waals surface area contributed by atoms with Crippen LogP contribution >= 0.6 is 24.0 Å². The number of nitrogens with one attached hydrogen (secondary N) is 2. The van der Waals surface area contributed by atoms with Crippen LogP contribution in [0.1, 0.15) is 57.1 Å². The van der Waals surface area contributed by atoms with E-state index in [2.05, 4.69) is 29.5 Å². The number of halogens is 1. The number of rotatable bonds is 10. The zero-order valence-corrected chi connectivity index (χ0v) is 19.6. The van der Waals surface area contributed by atoms with Gasteiger partial charge in [0.1, 0.15) is 0 Å². The molecule has 1 aromatic carbocycles. The summed E-state index contributed by atoms with van der Waals surface area (Å²) in [6.07, 6.45) is 7.47. The molecule has 7 heteroatoms. The Morgan fingerprint density at radius 3 is 2.27 bits per heavy atom. The maximum absolute atomic E-state index is 11.3. The van der Waals surface area contributed by atoms with Gasteiger partial charge < -0.3 is 10.6 Å². The van der Waals surface area contributed by atoms with Crippen LogP contribution in [0.25, 0.3) is 0 Å². The van der Waals surface area contributed by atoms with Crippen LogP contribution in [0.3, 0.4) is 0 Å². The van der Waals surface area contributed by atoms with Crippen LogP contribution in [-0.4, -0.2) is 33.7 Å². The summed E-state index contributed by atoms with van der Waals surface area (Å²) in [4.78, 5) is 4.27. The molecule has 26 heavy (non-hydrogen) atoms. The molecule has 2 N–H and O–H groups in total. The number of hydrogen-bond donors (Lipinski definition) is 2. The monoisotopic (exact) mass is 495 g/mol. The molecule has 1 aromatic rings. The van der Waals surface area contributed by atoms with Gasteiger partial charge in [0.05, 0.1) is 5.75 Å². The van der Waals surface area contributed by atoms with Crippen molar-refractivity contribution in [3.8, 4) is 0 Å². The Morgan fingerprint density at radius 2 is 1.73 bits per heavy atom. The fourth-order valence-corrected chi connectivity index (χ4v) is 3.42. The summed E-state index contributed by atoms with van der Waals surface area (Å²) in [5.41, 5.74) is 1.91. The second-order valence-electron chi connectivity index (χ2n) is 6.71. The van der Waals surface area contributed by atoms with Crippen LogP contribution in [0.15, 0.2) is 29.3 Å². The first kappa shape index (κ1) is 25.2. The first-order valence-electron chi connectivity index (χ1n) is 9.06. The molecule has 0 fully saturated rings. The van der Waals surface area contributed by atoms with Gasteiger partial charge in [0, 0.05) is 25.9 Å². The summed E-state index contributed by atoms with van der Waals surface area (Å²) in [5, 5.41) is 6.72. The highest BCUT2D eigenvalue weighted by molar-refractivity contribution is 14.0. The molecule has 0 spiro atoms. The van der Waals surface area contributed by atoms with Crippen LogP contribution in [0.5, 0.6) is 0 Å². The van der Waals surface area contributed by atoms with E-state index in [1.54, 1.807) is 7.05 Å². The van der Waals surface area contributed by atoms with E-state index in [4.69, 9.17) is 0 Å². The topological polar surface area (TPSA) is 70.6 Å². The van der Waals surface area contributed by atoms with Crippen molar-refractivity contribution in [2.75, 3.05) is 13.3 Å². The van der Waals surface area contributed by atoms with Crippen LogP contribution in [-0.2, 0) is 22.1 Å². The van der Waals surface area contributed by atoms with E-state index >= 15 is 0 Å². The average molecular weight is 495 g/mol. The van der Waals surface area contributed by atoms with E-state index in [9.17, 15) is 8.42 Å². The zero-order valence-electron chi connectivity index (χ0n) is 16.4. The minimum absolute atomic E-state index is 0. The Hall–Kier alpha value is -0.830. The highest BCUT2D eigenvalue weighted by atomic mass is 127. The number of guanidine groups is 1. The van der Waals surface area contributed by atoms with Gasteiger partial charge in [-0.1, -0.05) is 56.9 Å². The number of hydrogen-bond acceptors (Lipinski definition) is 3. The SMILES string of the molecule is CCCCCCC(C)NC(=NC)NCc1ccc(CS(C)(=O)=O)cc1.I. The molecule has 0 radical (unpaired) electrons. The standard InChI is InChI=1S/C19H33N3O2S.HI/c1-5-6-7-8-9-16(2)22-19(20-3)21-14-17-10-12-18(13-11-17)15-25(4,23)24;/h10-13,16H,5-9,14-15H2,1-4H3,(H2,20,21,22);1H. The Kier molecular flexibility index (Phi) is 12.9. The molecule has 1 atom stereocenters. The minimum Gasteiger partial charge on any atom is -0.354 e. The molecule has 1 rings (SSSR count). The van der Waals surface area contributed by atoms with Crippen molar-refractivity contribution in [1.82, 2.24) is 10.6 Å². The Labute approximate surface area is 176 Å². The lowest BCUT2D eigenvalue weighted by Gasteiger charge is -2.18. The summed E-state index contributed by atoms with van der Waals surface area (Å²) in [6, 6.07) is 8.03. The average Bonchev–Trinajstić information content (AvgIpc) is 2.55. The molecule has 0 aromatic heterocycles. The summed E-state index contributed by atoms with van der Waals surface area (Å²) >= 11 is 0. The minimum atomic E-state index is -2.99. The largest absolute Gasteiger partial charge is 0.354 e. The third kappa shape index (κ3) is 11.7. The smallest absolute Gasteiger partial charge is 0.191 e. The third-order valence-corrected chi connectivity index (χ3v) is 4.87. The molecule has 0 aliphatic rings. The molecule has 0 saturated carbocycles. The molecule has 150 valence electrons. The molecule has 1 unspecified atom stereocenters. The lowest BCUT2D eigenvalue weighted by molar-refractivity contribution is 0.537. The Balaban J connectivity index is 0.00000625. The van der Waals surface area contributed by atoms with E-state index in [1.807, 2.05) is 24.3 Å².